The monoisotopic (exact) mass is 283 g/mol. The van der Waals surface area contributed by atoms with E-state index in [2.05, 4.69) is 12.2 Å². The van der Waals surface area contributed by atoms with Crippen LogP contribution >= 0.6 is 0 Å². The van der Waals surface area contributed by atoms with Gasteiger partial charge in [0, 0.05) is 11.6 Å². The summed E-state index contributed by atoms with van der Waals surface area (Å²) in [6, 6.07) is 6.19. The fraction of sp³-hybridized carbons (Fsp3) is 0.625. The Hall–Kier alpha value is -1.13. The van der Waals surface area contributed by atoms with Gasteiger partial charge in [-0.05, 0) is 51.3 Å². The summed E-state index contributed by atoms with van der Waals surface area (Å²) in [7, 11) is 0. The van der Waals surface area contributed by atoms with Crippen molar-refractivity contribution in [1.82, 2.24) is 5.32 Å². The lowest BCUT2D eigenvalue weighted by Gasteiger charge is -2.28. The molecule has 20 heavy (non-hydrogen) atoms. The van der Waals surface area contributed by atoms with Crippen LogP contribution in [-0.4, -0.2) is 30.4 Å². The van der Waals surface area contributed by atoms with Gasteiger partial charge in [-0.2, -0.15) is 0 Å². The van der Waals surface area contributed by atoms with Crippen LogP contribution in [0.2, 0.25) is 0 Å². The summed E-state index contributed by atoms with van der Waals surface area (Å²) in [5.74, 6) is 0.290. The molecule has 1 atom stereocenters. The van der Waals surface area contributed by atoms with Crippen LogP contribution in [0, 0.1) is 5.82 Å². The Morgan fingerprint density at radius 1 is 1.35 bits per heavy atom. The summed E-state index contributed by atoms with van der Waals surface area (Å²) in [5.41, 5.74) is -0.213. The molecule has 0 saturated carbocycles. The van der Waals surface area contributed by atoms with E-state index in [1.54, 1.807) is 12.1 Å². The van der Waals surface area contributed by atoms with Crippen LogP contribution in [0.25, 0.3) is 0 Å². The zero-order valence-electron chi connectivity index (χ0n) is 12.5. The zero-order valence-corrected chi connectivity index (χ0v) is 12.5. The maximum atomic E-state index is 12.9. The van der Waals surface area contributed by atoms with E-state index in [-0.39, 0.29) is 18.0 Å². The minimum Gasteiger partial charge on any atom is -0.493 e. The molecule has 2 N–H and O–H groups in total. The van der Waals surface area contributed by atoms with Gasteiger partial charge in [-0.15, -0.1) is 0 Å². The lowest BCUT2D eigenvalue weighted by molar-refractivity contribution is 0.160. The molecule has 1 aromatic carbocycles. The number of aliphatic hydroxyl groups is 1. The van der Waals surface area contributed by atoms with Crippen molar-refractivity contribution in [3.63, 3.8) is 0 Å². The first-order chi connectivity index (χ1) is 9.59. The zero-order chi connectivity index (χ0) is 14.8. The Morgan fingerprint density at radius 2 is 2.15 bits per heavy atom. The van der Waals surface area contributed by atoms with Crippen molar-refractivity contribution < 1.29 is 14.2 Å². The molecule has 4 heteroatoms. The quantitative estimate of drug-likeness (QED) is 0.648. The first-order valence-electron chi connectivity index (χ1n) is 7.34. The van der Waals surface area contributed by atoms with Gasteiger partial charge in [-0.3, -0.25) is 0 Å². The summed E-state index contributed by atoms with van der Waals surface area (Å²) >= 11 is 0. The van der Waals surface area contributed by atoms with Crippen LogP contribution in [0.1, 0.15) is 39.5 Å². The third kappa shape index (κ3) is 6.35. The smallest absolute Gasteiger partial charge is 0.126 e. The van der Waals surface area contributed by atoms with Crippen LogP contribution in [0.3, 0.4) is 0 Å². The lowest BCUT2D eigenvalue weighted by atomic mass is 9.95. The molecule has 1 unspecified atom stereocenters. The summed E-state index contributed by atoms with van der Waals surface area (Å²) in [6.07, 6.45) is 3.80. The number of aliphatic hydroxyl groups excluding tert-OH is 1. The van der Waals surface area contributed by atoms with Gasteiger partial charge in [0.25, 0.3) is 0 Å². The highest BCUT2D eigenvalue weighted by molar-refractivity contribution is 5.22. The highest BCUT2D eigenvalue weighted by Gasteiger charge is 2.21. The van der Waals surface area contributed by atoms with Crippen molar-refractivity contribution >= 4 is 0 Å². The molecule has 114 valence electrons. The van der Waals surface area contributed by atoms with Gasteiger partial charge < -0.3 is 15.2 Å². The van der Waals surface area contributed by atoms with Crippen molar-refractivity contribution in [1.29, 1.82) is 0 Å². The number of rotatable bonds is 10. The maximum absolute atomic E-state index is 12.9. The van der Waals surface area contributed by atoms with E-state index in [0.717, 1.165) is 32.2 Å². The number of nitrogens with one attached hydrogen (secondary N) is 1. The molecule has 0 aliphatic carbocycles. The SMILES string of the molecule is CCCNC(C)(CO)CCCCOc1cccc(F)c1. The van der Waals surface area contributed by atoms with Gasteiger partial charge >= 0.3 is 0 Å². The molecule has 1 rings (SSSR count). The number of ether oxygens (including phenoxy) is 1. The van der Waals surface area contributed by atoms with Crippen molar-refractivity contribution in [3.8, 4) is 5.75 Å². The second-order valence-electron chi connectivity index (χ2n) is 5.41. The molecule has 0 amide bonds. The first kappa shape index (κ1) is 16.9. The van der Waals surface area contributed by atoms with E-state index < -0.39 is 0 Å². The van der Waals surface area contributed by atoms with Crippen LogP contribution < -0.4 is 10.1 Å². The predicted octanol–water partition coefficient (Wildman–Crippen LogP) is 3.13. The Kier molecular flexibility index (Phi) is 7.55. The minimum absolute atomic E-state index is 0.137. The summed E-state index contributed by atoms with van der Waals surface area (Å²) < 4.78 is 18.4. The van der Waals surface area contributed by atoms with Crippen molar-refractivity contribution in [3.05, 3.63) is 30.1 Å². The average molecular weight is 283 g/mol. The van der Waals surface area contributed by atoms with Gasteiger partial charge in [0.1, 0.15) is 11.6 Å². The predicted molar refractivity (Wildman–Crippen MR) is 79.5 cm³/mol. The Morgan fingerprint density at radius 3 is 2.80 bits per heavy atom. The summed E-state index contributed by atoms with van der Waals surface area (Å²) in [6.45, 7) is 5.76. The molecule has 1 aromatic rings. The van der Waals surface area contributed by atoms with Crippen molar-refractivity contribution in [2.24, 2.45) is 0 Å². The third-order valence-electron chi connectivity index (χ3n) is 3.34. The second-order valence-corrected chi connectivity index (χ2v) is 5.41. The number of unbranched alkanes of at least 4 members (excludes halogenated alkanes) is 1. The number of benzene rings is 1. The lowest BCUT2D eigenvalue weighted by Crippen LogP contribution is -2.46. The molecule has 3 nitrogen and oxygen atoms in total. The van der Waals surface area contributed by atoms with Crippen LogP contribution in [0.15, 0.2) is 24.3 Å². The molecule has 0 radical (unpaired) electrons. The van der Waals surface area contributed by atoms with Gasteiger partial charge in [0.15, 0.2) is 0 Å². The molecular formula is C16H26FNO2. The van der Waals surface area contributed by atoms with Crippen LogP contribution in [-0.2, 0) is 0 Å². The average Bonchev–Trinajstić information content (AvgIpc) is 2.45. The van der Waals surface area contributed by atoms with Crippen molar-refractivity contribution in [2.75, 3.05) is 19.8 Å². The summed E-state index contributed by atoms with van der Waals surface area (Å²) in [5, 5.41) is 12.8. The summed E-state index contributed by atoms with van der Waals surface area (Å²) in [4.78, 5) is 0. The van der Waals surface area contributed by atoms with Crippen LogP contribution in [0.5, 0.6) is 5.75 Å². The fourth-order valence-electron chi connectivity index (χ4n) is 2.01. The van der Waals surface area contributed by atoms with Crippen LogP contribution in [0.4, 0.5) is 4.39 Å². The molecular weight excluding hydrogens is 257 g/mol. The molecule has 0 fully saturated rings. The van der Waals surface area contributed by atoms with E-state index in [9.17, 15) is 9.50 Å². The van der Waals surface area contributed by atoms with E-state index >= 15 is 0 Å². The maximum Gasteiger partial charge on any atom is 0.126 e. The molecule has 0 aliphatic heterocycles. The largest absolute Gasteiger partial charge is 0.493 e. The second kappa shape index (κ2) is 8.93. The van der Waals surface area contributed by atoms with E-state index in [1.165, 1.54) is 12.1 Å². The molecule has 0 bridgehead atoms. The van der Waals surface area contributed by atoms with Gasteiger partial charge in [0.2, 0.25) is 0 Å². The Bertz CT molecular complexity index is 386. The normalized spacial score (nSPS) is 14.0. The molecule has 0 spiro atoms. The third-order valence-corrected chi connectivity index (χ3v) is 3.34. The molecule has 0 heterocycles. The number of hydrogen-bond donors (Lipinski definition) is 2. The fourth-order valence-corrected chi connectivity index (χ4v) is 2.01. The number of halogens is 1. The van der Waals surface area contributed by atoms with Gasteiger partial charge in [-0.25, -0.2) is 4.39 Å². The highest BCUT2D eigenvalue weighted by atomic mass is 19.1. The first-order valence-corrected chi connectivity index (χ1v) is 7.34. The topological polar surface area (TPSA) is 41.5 Å². The Labute approximate surface area is 121 Å². The highest BCUT2D eigenvalue weighted by Crippen LogP contribution is 2.15. The Balaban J connectivity index is 2.20. The minimum atomic E-state index is -0.279. The van der Waals surface area contributed by atoms with E-state index in [4.69, 9.17) is 4.74 Å². The van der Waals surface area contributed by atoms with Gasteiger partial charge in [0.05, 0.1) is 13.2 Å². The number of hydrogen-bond acceptors (Lipinski definition) is 3. The standard InChI is InChI=1S/C16H26FNO2/c1-3-10-18-16(2,13-19)9-4-5-11-20-15-8-6-7-14(17)12-15/h6-8,12,18-19H,3-5,9-11,13H2,1-2H3. The van der Waals surface area contributed by atoms with E-state index in [1.807, 2.05) is 6.92 Å². The van der Waals surface area contributed by atoms with Gasteiger partial charge in [-0.1, -0.05) is 13.0 Å². The van der Waals surface area contributed by atoms with E-state index in [0.29, 0.717) is 12.4 Å². The molecule has 0 aliphatic rings. The molecule has 0 aromatic heterocycles. The van der Waals surface area contributed by atoms with Crippen molar-refractivity contribution in [2.45, 2.75) is 45.1 Å². The molecule has 0 saturated heterocycles.